The predicted molar refractivity (Wildman–Crippen MR) is 98.9 cm³/mol. The van der Waals surface area contributed by atoms with E-state index >= 15 is 0 Å². The molecule has 1 heterocycles. The highest BCUT2D eigenvalue weighted by molar-refractivity contribution is 7.89. The van der Waals surface area contributed by atoms with E-state index in [1.807, 2.05) is 24.3 Å². The van der Waals surface area contributed by atoms with Crippen LogP contribution in [-0.4, -0.2) is 50.8 Å². The molecule has 0 saturated carbocycles. The number of nitrogens with two attached hydrogens (primary N) is 1. The van der Waals surface area contributed by atoms with E-state index in [1.165, 1.54) is 18.4 Å². The van der Waals surface area contributed by atoms with Gasteiger partial charge in [-0.2, -0.15) is 0 Å². The minimum Gasteiger partial charge on any atom is -0.293 e. The summed E-state index contributed by atoms with van der Waals surface area (Å²) in [4.78, 5) is 4.71. The number of hydrogen-bond acceptors (Lipinski definition) is 5. The first kappa shape index (κ1) is 17.6. The van der Waals surface area contributed by atoms with E-state index in [0.29, 0.717) is 4.90 Å². The quantitative estimate of drug-likeness (QED) is 0.821. The molecule has 7 heteroatoms. The summed E-state index contributed by atoms with van der Waals surface area (Å²) in [6.07, 6.45) is 0.737. The Morgan fingerprint density at radius 2 is 1.60 bits per heavy atom. The second kappa shape index (κ2) is 6.95. The van der Waals surface area contributed by atoms with Crippen LogP contribution in [0, 0.1) is 0 Å². The summed E-state index contributed by atoms with van der Waals surface area (Å²) in [6.45, 7) is 1.48. The number of benzene rings is 2. The number of aliphatic imine (C=N–C) groups is 1. The second-order valence-electron chi connectivity index (χ2n) is 6.20. The molecule has 0 aliphatic carbocycles. The minimum absolute atomic E-state index is 0.305. The molecule has 1 aliphatic heterocycles. The largest absolute Gasteiger partial charge is 0.293 e. The van der Waals surface area contributed by atoms with Crippen molar-refractivity contribution in [2.75, 3.05) is 27.2 Å². The molecule has 0 fully saturated rings. The van der Waals surface area contributed by atoms with Gasteiger partial charge in [-0.05, 0) is 29.7 Å². The van der Waals surface area contributed by atoms with E-state index in [2.05, 4.69) is 17.1 Å². The maximum atomic E-state index is 12.1. The van der Waals surface area contributed by atoms with Crippen LogP contribution in [0.2, 0.25) is 0 Å². The van der Waals surface area contributed by atoms with E-state index in [-0.39, 0.29) is 0 Å². The zero-order valence-electron chi connectivity index (χ0n) is 14.4. The Labute approximate surface area is 148 Å². The van der Waals surface area contributed by atoms with Gasteiger partial charge in [0.15, 0.2) is 0 Å². The molecule has 2 N–H and O–H groups in total. The van der Waals surface area contributed by atoms with Gasteiger partial charge in [0.2, 0.25) is 10.0 Å². The third-order valence-corrected chi connectivity index (χ3v) is 6.03. The van der Waals surface area contributed by atoms with Crippen LogP contribution in [0.4, 0.5) is 0 Å². The highest BCUT2D eigenvalue weighted by Crippen LogP contribution is 2.17. The third kappa shape index (κ3) is 3.73. The number of rotatable bonds is 5. The van der Waals surface area contributed by atoms with Gasteiger partial charge in [-0.3, -0.25) is 10.0 Å². The maximum absolute atomic E-state index is 12.1. The lowest BCUT2D eigenvalue weighted by Gasteiger charge is -2.13. The van der Waals surface area contributed by atoms with Gasteiger partial charge in [0.25, 0.3) is 0 Å². The van der Waals surface area contributed by atoms with Crippen LogP contribution in [0.25, 0.3) is 0 Å². The van der Waals surface area contributed by atoms with E-state index in [1.54, 1.807) is 17.1 Å². The lowest BCUT2D eigenvalue weighted by atomic mass is 10.0. The van der Waals surface area contributed by atoms with Crippen LogP contribution in [-0.2, 0) is 16.4 Å². The Bertz CT molecular complexity index is 872. The van der Waals surface area contributed by atoms with E-state index in [0.717, 1.165) is 42.0 Å². The Kier molecular flexibility index (Phi) is 4.89. The normalized spacial score (nSPS) is 14.9. The molecule has 0 unspecified atom stereocenters. The Morgan fingerprint density at radius 3 is 2.08 bits per heavy atom. The van der Waals surface area contributed by atoms with Gasteiger partial charge >= 0.3 is 0 Å². The van der Waals surface area contributed by atoms with Crippen LogP contribution in [0.3, 0.4) is 0 Å². The summed E-state index contributed by atoms with van der Waals surface area (Å²) in [7, 11) is -0.324. The third-order valence-electron chi connectivity index (χ3n) is 4.20. The molecule has 0 aromatic heterocycles. The molecule has 6 nitrogen and oxygen atoms in total. The molecule has 0 saturated heterocycles. The van der Waals surface area contributed by atoms with Crippen molar-refractivity contribution in [2.24, 2.45) is 10.8 Å². The van der Waals surface area contributed by atoms with Crippen LogP contribution in [0.1, 0.15) is 16.7 Å². The summed E-state index contributed by atoms with van der Waals surface area (Å²) in [6, 6.07) is 15.1. The van der Waals surface area contributed by atoms with Gasteiger partial charge in [-0.1, -0.05) is 36.4 Å². The number of sulfonamides is 1. The van der Waals surface area contributed by atoms with Crippen LogP contribution < -0.4 is 5.84 Å². The van der Waals surface area contributed by atoms with Crippen molar-refractivity contribution in [1.29, 1.82) is 0 Å². The standard InChI is InChI=1S/C18H22N4O2S/c1-21(2)25(23,24)17-9-5-15(6-10-17)13-14-3-7-16(8-4-14)18-20-11-12-22(18)19/h3-10H,11-13,19H2,1-2H3. The van der Waals surface area contributed by atoms with Crippen molar-refractivity contribution in [3.63, 3.8) is 0 Å². The Balaban J connectivity index is 1.73. The van der Waals surface area contributed by atoms with Crippen LogP contribution in [0.15, 0.2) is 58.4 Å². The van der Waals surface area contributed by atoms with Crippen molar-refractivity contribution < 1.29 is 8.42 Å². The summed E-state index contributed by atoms with van der Waals surface area (Å²) in [5.41, 5.74) is 3.22. The van der Waals surface area contributed by atoms with Crippen LogP contribution >= 0.6 is 0 Å². The second-order valence-corrected chi connectivity index (χ2v) is 8.36. The first-order valence-corrected chi connectivity index (χ1v) is 9.49. The van der Waals surface area contributed by atoms with Gasteiger partial charge in [-0.15, -0.1) is 0 Å². The Morgan fingerprint density at radius 1 is 1.04 bits per heavy atom. The monoisotopic (exact) mass is 358 g/mol. The average Bonchev–Trinajstić information content (AvgIpc) is 3.02. The van der Waals surface area contributed by atoms with E-state index < -0.39 is 10.0 Å². The lowest BCUT2D eigenvalue weighted by Crippen LogP contribution is -2.34. The summed E-state index contributed by atoms with van der Waals surface area (Å²) in [5, 5.41) is 1.67. The summed E-state index contributed by atoms with van der Waals surface area (Å²) in [5.74, 6) is 6.72. The SMILES string of the molecule is CN(C)S(=O)(=O)c1ccc(Cc2ccc(C3=NCCN3N)cc2)cc1. The number of hydrogen-bond donors (Lipinski definition) is 1. The van der Waals surface area contributed by atoms with Gasteiger partial charge < -0.3 is 0 Å². The first-order chi connectivity index (χ1) is 11.9. The molecule has 0 radical (unpaired) electrons. The smallest absolute Gasteiger partial charge is 0.242 e. The molecular weight excluding hydrogens is 336 g/mol. The first-order valence-electron chi connectivity index (χ1n) is 8.05. The molecule has 2 aromatic carbocycles. The van der Waals surface area contributed by atoms with Gasteiger partial charge in [0.05, 0.1) is 18.0 Å². The summed E-state index contributed by atoms with van der Waals surface area (Å²) >= 11 is 0. The highest BCUT2D eigenvalue weighted by Gasteiger charge is 2.17. The fourth-order valence-electron chi connectivity index (χ4n) is 2.71. The van der Waals surface area contributed by atoms with E-state index in [9.17, 15) is 8.42 Å². The van der Waals surface area contributed by atoms with Crippen molar-refractivity contribution in [2.45, 2.75) is 11.3 Å². The average molecular weight is 358 g/mol. The lowest BCUT2D eigenvalue weighted by molar-refractivity contribution is 0.484. The topological polar surface area (TPSA) is 79.0 Å². The molecule has 0 bridgehead atoms. The molecule has 1 aliphatic rings. The molecular formula is C18H22N4O2S. The molecule has 0 amide bonds. The van der Waals surface area contributed by atoms with Crippen molar-refractivity contribution >= 4 is 15.9 Å². The fraction of sp³-hybridized carbons (Fsp3) is 0.278. The number of hydrazine groups is 1. The van der Waals surface area contributed by atoms with Crippen LogP contribution in [0.5, 0.6) is 0 Å². The minimum atomic E-state index is -3.38. The van der Waals surface area contributed by atoms with Gasteiger partial charge in [0.1, 0.15) is 5.84 Å². The summed E-state index contributed by atoms with van der Waals surface area (Å²) < 4.78 is 25.4. The molecule has 132 valence electrons. The van der Waals surface area contributed by atoms with Gasteiger partial charge in [-0.25, -0.2) is 18.6 Å². The van der Waals surface area contributed by atoms with Crippen molar-refractivity contribution in [3.05, 3.63) is 65.2 Å². The molecule has 25 heavy (non-hydrogen) atoms. The van der Waals surface area contributed by atoms with Gasteiger partial charge in [0, 0.05) is 19.7 Å². The predicted octanol–water partition coefficient (Wildman–Crippen LogP) is 1.46. The molecule has 3 rings (SSSR count). The van der Waals surface area contributed by atoms with Crippen molar-refractivity contribution in [3.8, 4) is 0 Å². The molecule has 2 aromatic rings. The number of amidine groups is 1. The zero-order chi connectivity index (χ0) is 18.0. The number of nitrogens with zero attached hydrogens (tertiary/aromatic N) is 3. The molecule has 0 atom stereocenters. The molecule has 0 spiro atoms. The van der Waals surface area contributed by atoms with Crippen molar-refractivity contribution in [1.82, 2.24) is 9.31 Å². The van der Waals surface area contributed by atoms with E-state index in [4.69, 9.17) is 5.84 Å². The Hall–Kier alpha value is -2.22. The fourth-order valence-corrected chi connectivity index (χ4v) is 3.62. The highest BCUT2D eigenvalue weighted by atomic mass is 32.2. The zero-order valence-corrected chi connectivity index (χ0v) is 15.2. The maximum Gasteiger partial charge on any atom is 0.242 e.